The van der Waals surface area contributed by atoms with E-state index in [1.165, 1.54) is 0 Å². The topological polar surface area (TPSA) is 76.0 Å². The van der Waals surface area contributed by atoms with Gasteiger partial charge in [-0.2, -0.15) is 5.10 Å². The number of ether oxygens (including phenoxy) is 1. The lowest BCUT2D eigenvalue weighted by atomic mass is 10.1. The molecule has 1 unspecified atom stereocenters. The van der Waals surface area contributed by atoms with Crippen molar-refractivity contribution in [1.82, 2.24) is 24.6 Å². The van der Waals surface area contributed by atoms with Gasteiger partial charge in [0.05, 0.1) is 42.6 Å². The van der Waals surface area contributed by atoms with Crippen molar-refractivity contribution < 1.29 is 9.53 Å². The highest BCUT2D eigenvalue weighted by molar-refractivity contribution is 6.31. The van der Waals surface area contributed by atoms with E-state index in [1.54, 1.807) is 25.6 Å². The molecular formula is C19H22ClN5O2. The minimum absolute atomic E-state index is 0.0320. The summed E-state index contributed by atoms with van der Waals surface area (Å²) in [4.78, 5) is 18.6. The quantitative estimate of drug-likeness (QED) is 0.629. The number of nitrogens with one attached hydrogen (secondary N) is 1. The third-order valence-corrected chi connectivity index (χ3v) is 4.71. The van der Waals surface area contributed by atoms with Crippen LogP contribution in [-0.4, -0.2) is 51.3 Å². The molecule has 0 bridgehead atoms. The van der Waals surface area contributed by atoms with Crippen molar-refractivity contribution in [1.29, 1.82) is 0 Å². The van der Waals surface area contributed by atoms with Crippen LogP contribution in [0, 0.1) is 0 Å². The zero-order valence-corrected chi connectivity index (χ0v) is 16.3. The molecule has 0 amide bonds. The first-order valence-electron chi connectivity index (χ1n) is 8.64. The SMILES string of the molecule is CCOC(=O)c1[nH]ncc1-c1cncn1CC(c1ccccc1Cl)N(C)C. The summed E-state index contributed by atoms with van der Waals surface area (Å²) in [6, 6.07) is 7.83. The number of aromatic amines is 1. The molecule has 8 heteroatoms. The summed E-state index contributed by atoms with van der Waals surface area (Å²) in [7, 11) is 4.01. The van der Waals surface area contributed by atoms with Crippen LogP contribution < -0.4 is 0 Å². The molecule has 3 rings (SSSR count). The van der Waals surface area contributed by atoms with Gasteiger partial charge in [0, 0.05) is 11.6 Å². The molecule has 7 nitrogen and oxygen atoms in total. The van der Waals surface area contributed by atoms with E-state index in [9.17, 15) is 4.79 Å². The first-order valence-corrected chi connectivity index (χ1v) is 9.02. The Morgan fingerprint density at radius 2 is 2.11 bits per heavy atom. The number of likely N-dealkylation sites (N-methyl/N-ethyl adjacent to an activating group) is 1. The Labute approximate surface area is 162 Å². The maximum Gasteiger partial charge on any atom is 0.357 e. The average molecular weight is 388 g/mol. The third kappa shape index (κ3) is 4.04. The van der Waals surface area contributed by atoms with Gasteiger partial charge in [0.2, 0.25) is 0 Å². The molecule has 0 saturated carbocycles. The molecule has 1 aromatic carbocycles. The lowest BCUT2D eigenvalue weighted by Crippen LogP contribution is -2.25. The molecule has 1 atom stereocenters. The van der Waals surface area contributed by atoms with Gasteiger partial charge in [-0.05, 0) is 32.6 Å². The van der Waals surface area contributed by atoms with Crippen LogP contribution in [-0.2, 0) is 11.3 Å². The maximum absolute atomic E-state index is 12.2. The summed E-state index contributed by atoms with van der Waals surface area (Å²) in [6.45, 7) is 2.68. The molecule has 3 aromatic rings. The highest BCUT2D eigenvalue weighted by Gasteiger charge is 2.22. The first-order chi connectivity index (χ1) is 13.0. The van der Waals surface area contributed by atoms with E-state index in [0.717, 1.165) is 11.3 Å². The van der Waals surface area contributed by atoms with E-state index >= 15 is 0 Å². The van der Waals surface area contributed by atoms with Crippen LogP contribution in [0.25, 0.3) is 11.3 Å². The maximum atomic E-state index is 12.2. The second-order valence-electron chi connectivity index (χ2n) is 6.31. The van der Waals surface area contributed by atoms with Crippen molar-refractivity contribution >= 4 is 17.6 Å². The van der Waals surface area contributed by atoms with Gasteiger partial charge in [-0.1, -0.05) is 29.8 Å². The van der Waals surface area contributed by atoms with E-state index in [0.29, 0.717) is 29.4 Å². The molecule has 0 fully saturated rings. The second kappa shape index (κ2) is 8.37. The normalized spacial score (nSPS) is 12.3. The summed E-state index contributed by atoms with van der Waals surface area (Å²) in [5.41, 5.74) is 2.78. The number of benzene rings is 1. The van der Waals surface area contributed by atoms with Crippen LogP contribution in [0.5, 0.6) is 0 Å². The smallest absolute Gasteiger partial charge is 0.357 e. The number of esters is 1. The average Bonchev–Trinajstić information content (AvgIpc) is 3.29. The summed E-state index contributed by atoms with van der Waals surface area (Å²) in [5.74, 6) is -0.437. The minimum Gasteiger partial charge on any atom is -0.461 e. The molecule has 0 aliphatic carbocycles. The van der Waals surface area contributed by atoms with Crippen LogP contribution in [0.1, 0.15) is 29.0 Å². The summed E-state index contributed by atoms with van der Waals surface area (Å²) >= 11 is 6.42. The van der Waals surface area contributed by atoms with Crippen molar-refractivity contribution in [2.45, 2.75) is 19.5 Å². The highest BCUT2D eigenvalue weighted by atomic mass is 35.5. The number of carbonyl (C=O) groups is 1. The summed E-state index contributed by atoms with van der Waals surface area (Å²) in [6.07, 6.45) is 5.07. The first kappa shape index (κ1) is 19.1. The number of hydrogen-bond acceptors (Lipinski definition) is 5. The molecule has 27 heavy (non-hydrogen) atoms. The van der Waals surface area contributed by atoms with Gasteiger partial charge in [-0.3, -0.25) is 5.10 Å². The van der Waals surface area contributed by atoms with Crippen LogP contribution in [0.15, 0.2) is 43.0 Å². The summed E-state index contributed by atoms with van der Waals surface area (Å²) < 4.78 is 7.09. The Balaban J connectivity index is 1.95. The molecule has 0 aliphatic rings. The third-order valence-electron chi connectivity index (χ3n) is 4.36. The van der Waals surface area contributed by atoms with Crippen molar-refractivity contribution in [2.24, 2.45) is 0 Å². The fourth-order valence-electron chi connectivity index (χ4n) is 3.00. The van der Waals surface area contributed by atoms with E-state index < -0.39 is 5.97 Å². The minimum atomic E-state index is -0.437. The number of H-pyrrole nitrogens is 1. The van der Waals surface area contributed by atoms with Gasteiger partial charge in [0.25, 0.3) is 0 Å². The predicted octanol–water partition coefficient (Wildman–Crippen LogP) is 3.41. The zero-order chi connectivity index (χ0) is 19.4. The second-order valence-corrected chi connectivity index (χ2v) is 6.72. The monoisotopic (exact) mass is 387 g/mol. The molecule has 0 aliphatic heterocycles. The molecule has 1 N–H and O–H groups in total. The van der Waals surface area contributed by atoms with Crippen molar-refractivity contribution in [3.05, 3.63) is 59.3 Å². The zero-order valence-electron chi connectivity index (χ0n) is 15.5. The van der Waals surface area contributed by atoms with Crippen molar-refractivity contribution in [2.75, 3.05) is 20.7 Å². The Morgan fingerprint density at radius 1 is 1.33 bits per heavy atom. The van der Waals surface area contributed by atoms with Gasteiger partial charge in [-0.25, -0.2) is 9.78 Å². The number of imidazole rings is 1. The number of halogens is 1. The van der Waals surface area contributed by atoms with Gasteiger partial charge >= 0.3 is 5.97 Å². The van der Waals surface area contributed by atoms with Gasteiger partial charge in [0.1, 0.15) is 0 Å². The Hall–Kier alpha value is -2.64. The van der Waals surface area contributed by atoms with Crippen molar-refractivity contribution in [3.63, 3.8) is 0 Å². The molecule has 0 saturated heterocycles. The van der Waals surface area contributed by atoms with Crippen LogP contribution >= 0.6 is 11.6 Å². The molecule has 0 radical (unpaired) electrons. The standard InChI is InChI=1S/C19H22ClN5O2/c1-4-27-19(26)18-14(9-22-23-18)16-10-21-12-25(16)11-17(24(2)3)13-7-5-6-8-15(13)20/h5-10,12,17H,4,11H2,1-3H3,(H,22,23). The number of hydrogen-bond donors (Lipinski definition) is 1. The van der Waals surface area contributed by atoms with E-state index in [-0.39, 0.29) is 6.04 Å². The molecular weight excluding hydrogens is 366 g/mol. The number of rotatable bonds is 7. The van der Waals surface area contributed by atoms with E-state index in [4.69, 9.17) is 16.3 Å². The van der Waals surface area contributed by atoms with Crippen molar-refractivity contribution in [3.8, 4) is 11.3 Å². The van der Waals surface area contributed by atoms with Gasteiger partial charge in [-0.15, -0.1) is 0 Å². The Bertz CT molecular complexity index is 918. The highest BCUT2D eigenvalue weighted by Crippen LogP contribution is 2.30. The number of nitrogens with zero attached hydrogens (tertiary/aromatic N) is 4. The number of carbonyl (C=O) groups excluding carboxylic acids is 1. The fourth-order valence-corrected chi connectivity index (χ4v) is 3.26. The molecule has 2 heterocycles. The molecule has 0 spiro atoms. The Morgan fingerprint density at radius 3 is 2.81 bits per heavy atom. The van der Waals surface area contributed by atoms with Gasteiger partial charge in [0.15, 0.2) is 5.69 Å². The van der Waals surface area contributed by atoms with E-state index in [1.807, 2.05) is 42.9 Å². The molecule has 2 aromatic heterocycles. The van der Waals surface area contributed by atoms with Crippen LogP contribution in [0.3, 0.4) is 0 Å². The largest absolute Gasteiger partial charge is 0.461 e. The van der Waals surface area contributed by atoms with Crippen LogP contribution in [0.2, 0.25) is 5.02 Å². The van der Waals surface area contributed by atoms with E-state index in [2.05, 4.69) is 20.1 Å². The number of aromatic nitrogens is 4. The lowest BCUT2D eigenvalue weighted by Gasteiger charge is -2.26. The lowest BCUT2D eigenvalue weighted by molar-refractivity contribution is 0.0520. The predicted molar refractivity (Wildman–Crippen MR) is 104 cm³/mol. The molecule has 142 valence electrons. The van der Waals surface area contributed by atoms with Crippen LogP contribution in [0.4, 0.5) is 0 Å². The van der Waals surface area contributed by atoms with Gasteiger partial charge < -0.3 is 14.2 Å². The Kier molecular flexibility index (Phi) is 5.93. The fraction of sp³-hybridized carbons (Fsp3) is 0.316. The summed E-state index contributed by atoms with van der Waals surface area (Å²) in [5, 5.41) is 7.45.